The van der Waals surface area contributed by atoms with E-state index >= 15 is 0 Å². The van der Waals surface area contributed by atoms with Gasteiger partial charge in [0.15, 0.2) is 11.5 Å². The number of carbonyl (C=O) groups excluding carboxylic acids is 2. The molecule has 2 aromatic rings. The zero-order valence-electron chi connectivity index (χ0n) is 13.3. The van der Waals surface area contributed by atoms with Gasteiger partial charge in [-0.1, -0.05) is 12.1 Å². The van der Waals surface area contributed by atoms with Crippen LogP contribution in [0.2, 0.25) is 0 Å². The molecular formula is C17H16FN3O4. The lowest BCUT2D eigenvalue weighted by Gasteiger charge is -2.06. The van der Waals surface area contributed by atoms with Crippen LogP contribution in [0.3, 0.4) is 0 Å². The highest BCUT2D eigenvalue weighted by molar-refractivity contribution is 6.39. The molecule has 0 spiro atoms. The predicted octanol–water partition coefficient (Wildman–Crippen LogP) is 2.02. The first-order valence-electron chi connectivity index (χ1n) is 7.36. The Bertz CT molecular complexity index is 808. The van der Waals surface area contributed by atoms with Gasteiger partial charge in [0, 0.05) is 0 Å². The van der Waals surface area contributed by atoms with Crippen LogP contribution >= 0.6 is 0 Å². The van der Waals surface area contributed by atoms with Crippen molar-refractivity contribution in [2.24, 2.45) is 5.10 Å². The summed E-state index contributed by atoms with van der Waals surface area (Å²) < 4.78 is 18.6. The van der Waals surface area contributed by atoms with Gasteiger partial charge in [-0.3, -0.25) is 9.59 Å². The van der Waals surface area contributed by atoms with Gasteiger partial charge in [0.2, 0.25) is 0 Å². The van der Waals surface area contributed by atoms with E-state index in [2.05, 4.69) is 10.4 Å². The van der Waals surface area contributed by atoms with Crippen molar-refractivity contribution in [1.82, 2.24) is 5.43 Å². The smallest absolute Gasteiger partial charge is 0.329 e. The fourth-order valence-corrected chi connectivity index (χ4v) is 1.84. The molecule has 0 saturated carbocycles. The molecule has 0 fully saturated rings. The zero-order valence-corrected chi connectivity index (χ0v) is 13.3. The maximum atomic E-state index is 13.4. The second kappa shape index (κ2) is 8.44. The summed E-state index contributed by atoms with van der Waals surface area (Å²) in [7, 11) is 0. The average Bonchev–Trinajstić information content (AvgIpc) is 2.59. The topological polar surface area (TPSA) is 100 Å². The Morgan fingerprint density at radius 3 is 2.72 bits per heavy atom. The number of phenols is 1. The Kier molecular flexibility index (Phi) is 6.05. The Balaban J connectivity index is 1.95. The molecule has 0 unspecified atom stereocenters. The second-order valence-corrected chi connectivity index (χ2v) is 4.79. The molecule has 0 aliphatic heterocycles. The summed E-state index contributed by atoms with van der Waals surface area (Å²) in [4.78, 5) is 23.3. The van der Waals surface area contributed by atoms with E-state index in [-0.39, 0.29) is 17.2 Å². The van der Waals surface area contributed by atoms with Crippen molar-refractivity contribution in [1.29, 1.82) is 0 Å². The van der Waals surface area contributed by atoms with E-state index in [4.69, 9.17) is 4.74 Å². The third-order valence-corrected chi connectivity index (χ3v) is 2.99. The highest BCUT2D eigenvalue weighted by atomic mass is 19.1. The summed E-state index contributed by atoms with van der Waals surface area (Å²) in [6.07, 6.45) is 1.27. The maximum absolute atomic E-state index is 13.4. The Morgan fingerprint density at radius 1 is 1.24 bits per heavy atom. The number of phenolic OH excluding ortho intramolecular Hbond substituents is 1. The molecule has 0 aliphatic carbocycles. The molecule has 2 amide bonds. The van der Waals surface area contributed by atoms with Crippen LogP contribution in [0.5, 0.6) is 11.5 Å². The van der Waals surface area contributed by atoms with Gasteiger partial charge in [-0.2, -0.15) is 5.10 Å². The minimum absolute atomic E-state index is 0.0210. The number of anilines is 1. The van der Waals surface area contributed by atoms with Crippen molar-refractivity contribution < 1.29 is 23.8 Å². The quantitative estimate of drug-likeness (QED) is 0.438. The molecule has 3 N–H and O–H groups in total. The molecule has 2 rings (SSSR count). The van der Waals surface area contributed by atoms with E-state index in [0.29, 0.717) is 12.2 Å². The monoisotopic (exact) mass is 345 g/mol. The first kappa shape index (κ1) is 17.9. The molecular weight excluding hydrogens is 329 g/mol. The molecule has 0 atom stereocenters. The van der Waals surface area contributed by atoms with Gasteiger partial charge in [-0.25, -0.2) is 9.82 Å². The number of halogens is 1. The van der Waals surface area contributed by atoms with Gasteiger partial charge in [-0.15, -0.1) is 0 Å². The number of amides is 2. The number of benzene rings is 2. The minimum atomic E-state index is -1.05. The summed E-state index contributed by atoms with van der Waals surface area (Å²) in [6.45, 7) is 2.15. The molecule has 0 aromatic heterocycles. The highest BCUT2D eigenvalue weighted by Crippen LogP contribution is 2.26. The number of para-hydroxylation sites is 1. The average molecular weight is 345 g/mol. The highest BCUT2D eigenvalue weighted by Gasteiger charge is 2.14. The fourth-order valence-electron chi connectivity index (χ4n) is 1.84. The van der Waals surface area contributed by atoms with Crippen molar-refractivity contribution in [2.45, 2.75) is 6.92 Å². The summed E-state index contributed by atoms with van der Waals surface area (Å²) in [5.74, 6) is -2.51. The fraction of sp³-hybridized carbons (Fsp3) is 0.118. The number of nitrogens with one attached hydrogen (secondary N) is 2. The predicted molar refractivity (Wildman–Crippen MR) is 90.0 cm³/mol. The van der Waals surface area contributed by atoms with Gasteiger partial charge in [0.1, 0.15) is 5.82 Å². The lowest BCUT2D eigenvalue weighted by Crippen LogP contribution is -2.32. The van der Waals surface area contributed by atoms with Gasteiger partial charge in [0.25, 0.3) is 0 Å². The number of hydrazone groups is 1. The van der Waals surface area contributed by atoms with Gasteiger partial charge >= 0.3 is 11.8 Å². The van der Waals surface area contributed by atoms with Crippen molar-refractivity contribution in [2.75, 3.05) is 11.9 Å². The van der Waals surface area contributed by atoms with Crippen LogP contribution in [-0.4, -0.2) is 29.7 Å². The standard InChI is InChI=1S/C17H16FN3O4/c1-2-25-15-9-11(7-8-14(15)22)10-19-21-17(24)16(23)20-13-6-4-3-5-12(13)18/h3-10,22H,2H2,1H3,(H,20,23)(H,21,24)/b19-10+. The van der Waals surface area contributed by atoms with E-state index < -0.39 is 17.6 Å². The van der Waals surface area contributed by atoms with Crippen LogP contribution in [0.1, 0.15) is 12.5 Å². The molecule has 0 bridgehead atoms. The van der Waals surface area contributed by atoms with Gasteiger partial charge in [-0.05, 0) is 42.8 Å². The number of rotatable bonds is 5. The van der Waals surface area contributed by atoms with Gasteiger partial charge < -0.3 is 15.2 Å². The van der Waals surface area contributed by atoms with Crippen molar-refractivity contribution >= 4 is 23.7 Å². The number of aromatic hydroxyl groups is 1. The number of nitrogens with zero attached hydrogens (tertiary/aromatic N) is 1. The molecule has 2 aromatic carbocycles. The van der Waals surface area contributed by atoms with Gasteiger partial charge in [0.05, 0.1) is 18.5 Å². The zero-order chi connectivity index (χ0) is 18.2. The summed E-state index contributed by atoms with van der Waals surface area (Å²) in [5.41, 5.74) is 2.46. The summed E-state index contributed by atoms with van der Waals surface area (Å²) in [5, 5.41) is 15.4. The van der Waals surface area contributed by atoms with E-state index in [0.717, 1.165) is 6.07 Å². The number of carbonyl (C=O) groups is 2. The molecule has 0 radical (unpaired) electrons. The SMILES string of the molecule is CCOc1cc(/C=N/NC(=O)C(=O)Nc2ccccc2F)ccc1O. The lowest BCUT2D eigenvalue weighted by atomic mass is 10.2. The van der Waals surface area contributed by atoms with Crippen LogP contribution in [0.15, 0.2) is 47.6 Å². The van der Waals surface area contributed by atoms with E-state index in [1.165, 1.54) is 36.5 Å². The first-order chi connectivity index (χ1) is 12.0. The lowest BCUT2D eigenvalue weighted by molar-refractivity contribution is -0.136. The Morgan fingerprint density at radius 2 is 2.00 bits per heavy atom. The number of hydrogen-bond acceptors (Lipinski definition) is 5. The van der Waals surface area contributed by atoms with Crippen LogP contribution in [0.4, 0.5) is 10.1 Å². The second-order valence-electron chi connectivity index (χ2n) is 4.79. The third kappa shape index (κ3) is 5.03. The summed E-state index contributed by atoms with van der Waals surface area (Å²) in [6, 6.07) is 9.96. The van der Waals surface area contributed by atoms with E-state index in [1.54, 1.807) is 13.0 Å². The number of hydrogen-bond donors (Lipinski definition) is 3. The van der Waals surface area contributed by atoms with Crippen molar-refractivity contribution in [3.8, 4) is 11.5 Å². The summed E-state index contributed by atoms with van der Waals surface area (Å²) >= 11 is 0. The van der Waals surface area contributed by atoms with E-state index in [9.17, 15) is 19.1 Å². The molecule has 25 heavy (non-hydrogen) atoms. The molecule has 130 valence electrons. The van der Waals surface area contributed by atoms with Crippen LogP contribution in [0.25, 0.3) is 0 Å². The van der Waals surface area contributed by atoms with Crippen molar-refractivity contribution in [3.05, 3.63) is 53.8 Å². The number of ether oxygens (including phenoxy) is 1. The molecule has 0 heterocycles. The Hall–Kier alpha value is -3.42. The minimum Gasteiger partial charge on any atom is -0.504 e. The molecule has 7 nitrogen and oxygen atoms in total. The normalized spacial score (nSPS) is 10.5. The van der Waals surface area contributed by atoms with Crippen LogP contribution < -0.4 is 15.5 Å². The maximum Gasteiger partial charge on any atom is 0.329 e. The first-order valence-corrected chi connectivity index (χ1v) is 7.36. The third-order valence-electron chi connectivity index (χ3n) is 2.99. The van der Waals surface area contributed by atoms with Crippen LogP contribution in [-0.2, 0) is 9.59 Å². The largest absolute Gasteiger partial charge is 0.504 e. The molecule has 0 aliphatic rings. The van der Waals surface area contributed by atoms with Crippen molar-refractivity contribution in [3.63, 3.8) is 0 Å². The van der Waals surface area contributed by atoms with Crippen LogP contribution in [0, 0.1) is 5.82 Å². The molecule has 0 saturated heterocycles. The molecule has 8 heteroatoms. The van der Waals surface area contributed by atoms with E-state index in [1.807, 2.05) is 5.43 Å². The Labute approximate surface area is 143 Å².